The van der Waals surface area contributed by atoms with Crippen molar-refractivity contribution in [3.05, 3.63) is 11.3 Å². The molecule has 0 aromatic carbocycles. The average Bonchev–Trinajstić information content (AvgIpc) is 2.17. The number of aliphatic hydroxyl groups is 1. The van der Waals surface area contributed by atoms with E-state index in [0.717, 1.165) is 0 Å². The number of allylic oxidation sites excluding steroid dienone is 1. The minimum Gasteiger partial charge on any atom is -0.512 e. The van der Waals surface area contributed by atoms with Crippen molar-refractivity contribution in [2.75, 3.05) is 0 Å². The molecule has 7 nitrogen and oxygen atoms in total. The molecule has 0 unspecified atom stereocenters. The van der Waals surface area contributed by atoms with Gasteiger partial charge in [0.2, 0.25) is 0 Å². The molecular formula is C9H10O7. The third-order valence-corrected chi connectivity index (χ3v) is 2.69. The molecule has 16 heavy (non-hydrogen) atoms. The van der Waals surface area contributed by atoms with Crippen LogP contribution in [0.25, 0.3) is 0 Å². The maximum absolute atomic E-state index is 10.9. The molecule has 0 bridgehead atoms. The quantitative estimate of drug-likeness (QED) is 0.510. The lowest BCUT2D eigenvalue weighted by molar-refractivity contribution is -0.165. The second kappa shape index (κ2) is 3.84. The lowest BCUT2D eigenvalue weighted by Crippen LogP contribution is -2.42. The Morgan fingerprint density at radius 2 is 1.56 bits per heavy atom. The van der Waals surface area contributed by atoms with Crippen LogP contribution in [-0.4, -0.2) is 38.3 Å². The van der Waals surface area contributed by atoms with Crippen LogP contribution in [0.1, 0.15) is 19.3 Å². The van der Waals surface area contributed by atoms with E-state index in [4.69, 9.17) is 15.3 Å². The highest BCUT2D eigenvalue weighted by Crippen LogP contribution is 2.39. The fourth-order valence-corrected chi connectivity index (χ4v) is 1.63. The molecule has 0 aliphatic heterocycles. The van der Waals surface area contributed by atoms with Gasteiger partial charge in [-0.25, -0.2) is 4.79 Å². The topological polar surface area (TPSA) is 132 Å². The largest absolute Gasteiger partial charge is 0.512 e. The molecule has 0 aromatic heterocycles. The molecule has 0 fully saturated rings. The first-order valence-electron chi connectivity index (χ1n) is 4.42. The summed E-state index contributed by atoms with van der Waals surface area (Å²) >= 11 is 0. The lowest BCUT2D eigenvalue weighted by atomic mass is 9.73. The summed E-state index contributed by atoms with van der Waals surface area (Å²) in [4.78, 5) is 32.5. The Bertz CT molecular complexity index is 379. The van der Waals surface area contributed by atoms with Gasteiger partial charge in [-0.2, -0.15) is 0 Å². The van der Waals surface area contributed by atoms with E-state index in [1.54, 1.807) is 0 Å². The Balaban J connectivity index is 3.18. The van der Waals surface area contributed by atoms with Gasteiger partial charge in [-0.05, 0) is 6.42 Å². The minimum atomic E-state index is -2.15. The second-order valence-corrected chi connectivity index (χ2v) is 3.60. The first kappa shape index (κ1) is 12.0. The predicted molar refractivity (Wildman–Crippen MR) is 48.8 cm³/mol. The lowest BCUT2D eigenvalue weighted by Gasteiger charge is -2.29. The Morgan fingerprint density at radius 3 is 1.94 bits per heavy atom. The average molecular weight is 230 g/mol. The van der Waals surface area contributed by atoms with Crippen LogP contribution in [0.2, 0.25) is 0 Å². The van der Waals surface area contributed by atoms with Crippen LogP contribution in [0.3, 0.4) is 0 Å². The van der Waals surface area contributed by atoms with E-state index in [0.29, 0.717) is 0 Å². The number of aliphatic hydroxyl groups excluding tert-OH is 1. The number of rotatable bonds is 3. The SMILES string of the molecule is O=C(O)C1=C(O)CCC(C(=O)O)(C(=O)O)C1. The summed E-state index contributed by atoms with van der Waals surface area (Å²) in [6.45, 7) is 0. The molecule has 0 spiro atoms. The predicted octanol–water partition coefficient (Wildman–Crippen LogP) is 0.223. The van der Waals surface area contributed by atoms with Crippen molar-refractivity contribution in [3.63, 3.8) is 0 Å². The molecule has 1 aliphatic carbocycles. The third-order valence-electron chi connectivity index (χ3n) is 2.69. The van der Waals surface area contributed by atoms with Crippen LogP contribution in [0, 0.1) is 5.41 Å². The molecule has 88 valence electrons. The van der Waals surface area contributed by atoms with Gasteiger partial charge in [-0.3, -0.25) is 9.59 Å². The van der Waals surface area contributed by atoms with E-state index in [9.17, 15) is 19.5 Å². The van der Waals surface area contributed by atoms with Gasteiger partial charge in [0.15, 0.2) is 5.41 Å². The monoisotopic (exact) mass is 230 g/mol. The van der Waals surface area contributed by atoms with E-state index in [2.05, 4.69) is 0 Å². The maximum atomic E-state index is 10.9. The number of hydrogen-bond donors (Lipinski definition) is 4. The van der Waals surface area contributed by atoms with Gasteiger partial charge in [-0.1, -0.05) is 0 Å². The van der Waals surface area contributed by atoms with Gasteiger partial charge in [-0.15, -0.1) is 0 Å². The minimum absolute atomic E-state index is 0.264. The Hall–Kier alpha value is -2.05. The van der Waals surface area contributed by atoms with Gasteiger partial charge < -0.3 is 20.4 Å². The number of carboxylic acids is 3. The van der Waals surface area contributed by atoms with E-state index < -0.39 is 41.1 Å². The van der Waals surface area contributed by atoms with Gasteiger partial charge in [0, 0.05) is 12.8 Å². The summed E-state index contributed by atoms with van der Waals surface area (Å²) in [5.74, 6) is -5.13. The number of hydrogen-bond acceptors (Lipinski definition) is 4. The zero-order valence-corrected chi connectivity index (χ0v) is 8.13. The molecule has 0 radical (unpaired) electrons. The first-order chi connectivity index (χ1) is 7.31. The van der Waals surface area contributed by atoms with Gasteiger partial charge in [0.1, 0.15) is 5.76 Å². The van der Waals surface area contributed by atoms with Crippen molar-refractivity contribution in [3.8, 4) is 0 Å². The third kappa shape index (κ3) is 1.71. The molecule has 4 N–H and O–H groups in total. The summed E-state index contributed by atoms with van der Waals surface area (Å²) in [6.07, 6.45) is -1.29. The summed E-state index contributed by atoms with van der Waals surface area (Å²) in [6, 6.07) is 0. The standard InChI is InChI=1S/C9H10O7/c10-5-1-2-9(7(13)14,8(15)16)3-4(5)6(11)12/h10H,1-3H2,(H,11,12)(H,13,14)(H,15,16). The van der Waals surface area contributed by atoms with Crippen molar-refractivity contribution in [2.24, 2.45) is 5.41 Å². The Labute approximate surface area is 89.6 Å². The van der Waals surface area contributed by atoms with Crippen molar-refractivity contribution in [1.29, 1.82) is 0 Å². The summed E-state index contributed by atoms with van der Waals surface area (Å²) in [5, 5.41) is 35.7. The number of aliphatic carboxylic acids is 3. The molecule has 0 atom stereocenters. The normalized spacial score (nSPS) is 19.2. The van der Waals surface area contributed by atoms with Crippen LogP contribution in [0.4, 0.5) is 0 Å². The highest BCUT2D eigenvalue weighted by atomic mass is 16.4. The van der Waals surface area contributed by atoms with Crippen LogP contribution in [-0.2, 0) is 14.4 Å². The molecular weight excluding hydrogens is 220 g/mol. The van der Waals surface area contributed by atoms with Crippen molar-refractivity contribution in [2.45, 2.75) is 19.3 Å². The molecule has 0 amide bonds. The van der Waals surface area contributed by atoms with Crippen LogP contribution >= 0.6 is 0 Å². The zero-order chi connectivity index (χ0) is 12.5. The van der Waals surface area contributed by atoms with Crippen LogP contribution < -0.4 is 0 Å². The highest BCUT2D eigenvalue weighted by molar-refractivity contribution is 6.01. The molecule has 1 aliphatic rings. The van der Waals surface area contributed by atoms with Gasteiger partial charge >= 0.3 is 17.9 Å². The van der Waals surface area contributed by atoms with E-state index in [1.807, 2.05) is 0 Å². The van der Waals surface area contributed by atoms with E-state index in [1.165, 1.54) is 0 Å². The van der Waals surface area contributed by atoms with Crippen LogP contribution in [0.15, 0.2) is 11.3 Å². The molecule has 1 rings (SSSR count). The number of carbonyl (C=O) groups is 3. The summed E-state index contributed by atoms with van der Waals surface area (Å²) in [5.41, 5.74) is -2.70. The summed E-state index contributed by atoms with van der Waals surface area (Å²) in [7, 11) is 0. The smallest absolute Gasteiger partial charge is 0.335 e. The molecule has 0 aromatic rings. The van der Waals surface area contributed by atoms with Gasteiger partial charge in [0.25, 0.3) is 0 Å². The van der Waals surface area contributed by atoms with Crippen molar-refractivity contribution in [1.82, 2.24) is 0 Å². The molecule has 0 saturated carbocycles. The van der Waals surface area contributed by atoms with Crippen LogP contribution in [0.5, 0.6) is 0 Å². The van der Waals surface area contributed by atoms with E-state index in [-0.39, 0.29) is 12.8 Å². The molecule has 7 heteroatoms. The number of carboxylic acid groups (broad SMARTS) is 3. The zero-order valence-electron chi connectivity index (χ0n) is 8.13. The van der Waals surface area contributed by atoms with Gasteiger partial charge in [0.05, 0.1) is 5.57 Å². The second-order valence-electron chi connectivity index (χ2n) is 3.60. The first-order valence-corrected chi connectivity index (χ1v) is 4.42. The van der Waals surface area contributed by atoms with Crippen molar-refractivity contribution >= 4 is 17.9 Å². The van der Waals surface area contributed by atoms with Crippen molar-refractivity contribution < 1.29 is 34.8 Å². The fraction of sp³-hybridized carbons (Fsp3) is 0.444. The maximum Gasteiger partial charge on any atom is 0.335 e. The summed E-state index contributed by atoms with van der Waals surface area (Å²) < 4.78 is 0. The molecule has 0 heterocycles. The Morgan fingerprint density at radius 1 is 1.06 bits per heavy atom. The van der Waals surface area contributed by atoms with E-state index >= 15 is 0 Å². The molecule has 0 saturated heterocycles. The fourth-order valence-electron chi connectivity index (χ4n) is 1.63. The Kier molecular flexibility index (Phi) is 2.88. The highest BCUT2D eigenvalue weighted by Gasteiger charge is 2.50.